The molecule has 1 atom stereocenters. The second-order valence-electron chi connectivity index (χ2n) is 5.57. The first kappa shape index (κ1) is 15.0. The van der Waals surface area contributed by atoms with Crippen molar-refractivity contribution in [2.45, 2.75) is 49.6 Å². The van der Waals surface area contributed by atoms with Crippen molar-refractivity contribution in [3.05, 3.63) is 14.7 Å². The SMILES string of the molecule is Cc1sc(Br)cc1S(=O)(=O)N(CC1CCCN1)C1CC1. The summed E-state index contributed by atoms with van der Waals surface area (Å²) in [6.07, 6.45) is 4.21. The van der Waals surface area contributed by atoms with Crippen molar-refractivity contribution in [3.8, 4) is 0 Å². The molecule has 1 aromatic rings. The van der Waals surface area contributed by atoms with Crippen LogP contribution in [0.4, 0.5) is 0 Å². The van der Waals surface area contributed by atoms with Crippen LogP contribution in [0.1, 0.15) is 30.6 Å². The highest BCUT2D eigenvalue weighted by Crippen LogP contribution is 2.37. The van der Waals surface area contributed by atoms with E-state index in [0.29, 0.717) is 17.5 Å². The normalized spacial score (nSPS) is 23.6. The van der Waals surface area contributed by atoms with Crippen LogP contribution in [0.2, 0.25) is 0 Å². The maximum absolute atomic E-state index is 12.9. The van der Waals surface area contributed by atoms with Gasteiger partial charge in [0, 0.05) is 23.5 Å². The summed E-state index contributed by atoms with van der Waals surface area (Å²) < 4.78 is 28.5. The topological polar surface area (TPSA) is 49.4 Å². The molecule has 1 unspecified atom stereocenters. The molecule has 2 aliphatic rings. The van der Waals surface area contributed by atoms with Gasteiger partial charge in [-0.2, -0.15) is 4.31 Å². The lowest BCUT2D eigenvalue weighted by Crippen LogP contribution is -2.42. The van der Waals surface area contributed by atoms with Gasteiger partial charge in [0.15, 0.2) is 0 Å². The number of rotatable bonds is 5. The first-order valence-corrected chi connectivity index (χ1v) is 10.0. The Morgan fingerprint density at radius 3 is 2.70 bits per heavy atom. The van der Waals surface area contributed by atoms with Crippen molar-refractivity contribution in [1.29, 1.82) is 0 Å². The molecule has 0 radical (unpaired) electrons. The highest BCUT2D eigenvalue weighted by molar-refractivity contribution is 9.11. The summed E-state index contributed by atoms with van der Waals surface area (Å²) in [4.78, 5) is 1.33. The average Bonchev–Trinajstić information content (AvgIpc) is 2.96. The third-order valence-electron chi connectivity index (χ3n) is 3.95. The lowest BCUT2D eigenvalue weighted by Gasteiger charge is -2.25. The molecule has 1 N–H and O–H groups in total. The number of aryl methyl sites for hydroxylation is 1. The second kappa shape index (κ2) is 5.68. The Morgan fingerprint density at radius 2 is 2.20 bits per heavy atom. The second-order valence-corrected chi connectivity index (χ2v) is 10.1. The van der Waals surface area contributed by atoms with Crippen LogP contribution < -0.4 is 5.32 Å². The number of hydrogen-bond acceptors (Lipinski definition) is 4. The van der Waals surface area contributed by atoms with Gasteiger partial charge < -0.3 is 5.32 Å². The van der Waals surface area contributed by atoms with Crippen molar-refractivity contribution in [3.63, 3.8) is 0 Å². The summed E-state index contributed by atoms with van der Waals surface area (Å²) in [6.45, 7) is 3.49. The van der Waals surface area contributed by atoms with Crippen molar-refractivity contribution in [1.82, 2.24) is 9.62 Å². The molecule has 1 aliphatic carbocycles. The van der Waals surface area contributed by atoms with Crippen molar-refractivity contribution >= 4 is 37.3 Å². The fourth-order valence-electron chi connectivity index (χ4n) is 2.75. The van der Waals surface area contributed by atoms with Gasteiger partial charge in [-0.1, -0.05) is 0 Å². The van der Waals surface area contributed by atoms with E-state index >= 15 is 0 Å². The number of halogens is 1. The molecule has 0 amide bonds. The third kappa shape index (κ3) is 2.97. The number of thiophene rings is 1. The van der Waals surface area contributed by atoms with Gasteiger partial charge in [-0.05, 0) is 61.1 Å². The quantitative estimate of drug-likeness (QED) is 0.856. The smallest absolute Gasteiger partial charge is 0.244 e. The lowest BCUT2D eigenvalue weighted by atomic mass is 10.2. The van der Waals surface area contributed by atoms with E-state index in [1.54, 1.807) is 10.4 Å². The van der Waals surface area contributed by atoms with E-state index in [9.17, 15) is 8.42 Å². The van der Waals surface area contributed by atoms with Gasteiger partial charge in [0.1, 0.15) is 0 Å². The summed E-state index contributed by atoms with van der Waals surface area (Å²) in [5.41, 5.74) is 0. The molecule has 1 saturated heterocycles. The Kier molecular flexibility index (Phi) is 4.25. The van der Waals surface area contributed by atoms with Gasteiger partial charge >= 0.3 is 0 Å². The van der Waals surface area contributed by atoms with Crippen LogP contribution in [-0.2, 0) is 10.0 Å². The first-order chi connectivity index (χ1) is 9.48. The highest BCUT2D eigenvalue weighted by Gasteiger charge is 2.40. The zero-order chi connectivity index (χ0) is 14.3. The molecule has 20 heavy (non-hydrogen) atoms. The molecule has 112 valence electrons. The zero-order valence-electron chi connectivity index (χ0n) is 11.4. The molecule has 0 bridgehead atoms. The summed E-state index contributed by atoms with van der Waals surface area (Å²) >= 11 is 4.87. The van der Waals surface area contributed by atoms with Gasteiger partial charge in [0.25, 0.3) is 0 Å². The summed E-state index contributed by atoms with van der Waals surface area (Å²) in [7, 11) is -3.36. The Hall–Kier alpha value is 0.0500. The number of nitrogens with one attached hydrogen (secondary N) is 1. The Balaban J connectivity index is 1.87. The Labute approximate surface area is 132 Å². The Bertz CT molecular complexity index is 590. The van der Waals surface area contributed by atoms with Crippen LogP contribution in [0.3, 0.4) is 0 Å². The van der Waals surface area contributed by atoms with E-state index in [1.807, 2.05) is 6.92 Å². The van der Waals surface area contributed by atoms with Gasteiger partial charge in [0.2, 0.25) is 10.0 Å². The third-order valence-corrected chi connectivity index (χ3v) is 7.67. The first-order valence-electron chi connectivity index (χ1n) is 6.99. The number of nitrogens with zero attached hydrogens (tertiary/aromatic N) is 1. The maximum atomic E-state index is 12.9. The summed E-state index contributed by atoms with van der Waals surface area (Å²) in [5, 5.41) is 3.40. The molecule has 3 rings (SSSR count). The molecule has 2 fully saturated rings. The van der Waals surface area contributed by atoms with Gasteiger partial charge in [-0.15, -0.1) is 11.3 Å². The van der Waals surface area contributed by atoms with Crippen LogP contribution in [0.5, 0.6) is 0 Å². The minimum Gasteiger partial charge on any atom is -0.313 e. The van der Waals surface area contributed by atoms with Crippen LogP contribution in [-0.4, -0.2) is 37.9 Å². The molecule has 4 nitrogen and oxygen atoms in total. The van der Waals surface area contributed by atoms with E-state index in [4.69, 9.17) is 0 Å². The monoisotopic (exact) mass is 378 g/mol. The van der Waals surface area contributed by atoms with E-state index in [2.05, 4.69) is 21.2 Å². The molecule has 1 aliphatic heterocycles. The fourth-order valence-corrected chi connectivity index (χ4v) is 6.86. The van der Waals surface area contributed by atoms with Crippen molar-refractivity contribution in [2.75, 3.05) is 13.1 Å². The summed E-state index contributed by atoms with van der Waals surface area (Å²) in [6, 6.07) is 2.26. The zero-order valence-corrected chi connectivity index (χ0v) is 14.7. The largest absolute Gasteiger partial charge is 0.313 e. The molecule has 1 saturated carbocycles. The standard InChI is InChI=1S/C13H19BrN2O2S2/c1-9-12(7-13(14)19-9)20(17,18)16(11-4-5-11)8-10-3-2-6-15-10/h7,10-11,15H,2-6,8H2,1H3. The van der Waals surface area contributed by atoms with E-state index < -0.39 is 10.0 Å². The predicted molar refractivity (Wildman–Crippen MR) is 84.7 cm³/mol. The molecule has 0 aromatic carbocycles. The van der Waals surface area contributed by atoms with Gasteiger partial charge in [-0.3, -0.25) is 0 Å². The molecular weight excluding hydrogens is 360 g/mol. The number of hydrogen-bond donors (Lipinski definition) is 1. The van der Waals surface area contributed by atoms with Crippen molar-refractivity contribution < 1.29 is 8.42 Å². The lowest BCUT2D eigenvalue weighted by molar-refractivity contribution is 0.363. The molecule has 1 aromatic heterocycles. The van der Waals surface area contributed by atoms with Crippen molar-refractivity contribution in [2.24, 2.45) is 0 Å². The van der Waals surface area contributed by atoms with Crippen LogP contribution in [0.15, 0.2) is 14.7 Å². The Morgan fingerprint density at radius 1 is 1.45 bits per heavy atom. The highest BCUT2D eigenvalue weighted by atomic mass is 79.9. The minimum atomic E-state index is -3.36. The average molecular weight is 379 g/mol. The molecular formula is C13H19BrN2O2S2. The minimum absolute atomic E-state index is 0.209. The van der Waals surface area contributed by atoms with Crippen LogP contribution >= 0.6 is 27.3 Å². The molecule has 2 heterocycles. The van der Waals surface area contributed by atoms with Gasteiger partial charge in [0.05, 0.1) is 8.68 Å². The van der Waals surface area contributed by atoms with Crippen LogP contribution in [0.25, 0.3) is 0 Å². The van der Waals surface area contributed by atoms with E-state index in [-0.39, 0.29) is 6.04 Å². The number of sulfonamides is 1. The molecule has 0 spiro atoms. The predicted octanol–water partition coefficient (Wildman–Crippen LogP) is 2.72. The summed E-state index contributed by atoms with van der Waals surface area (Å²) in [5.74, 6) is 0. The van der Waals surface area contributed by atoms with Gasteiger partial charge in [-0.25, -0.2) is 8.42 Å². The van der Waals surface area contributed by atoms with E-state index in [1.165, 1.54) is 11.3 Å². The molecule has 7 heteroatoms. The maximum Gasteiger partial charge on any atom is 0.244 e. The fraction of sp³-hybridized carbons (Fsp3) is 0.692. The van der Waals surface area contributed by atoms with Crippen LogP contribution in [0, 0.1) is 6.92 Å². The van der Waals surface area contributed by atoms with E-state index in [0.717, 1.165) is 40.9 Å².